The first-order valence-corrected chi connectivity index (χ1v) is 11.5. The van der Waals surface area contributed by atoms with Gasteiger partial charge in [0.25, 0.3) is 0 Å². The summed E-state index contributed by atoms with van der Waals surface area (Å²) in [5.41, 5.74) is 6.53. The first kappa shape index (κ1) is 33.1. The van der Waals surface area contributed by atoms with Gasteiger partial charge < -0.3 is 30.3 Å². The second-order valence-electron chi connectivity index (χ2n) is 8.37. The highest BCUT2D eigenvalue weighted by atomic mass is 19.4. The van der Waals surface area contributed by atoms with Crippen LogP contribution in [0, 0.1) is 0 Å². The van der Waals surface area contributed by atoms with Gasteiger partial charge in [-0.05, 0) is 42.7 Å². The Bertz CT molecular complexity index is 1220. The third-order valence-electron chi connectivity index (χ3n) is 5.15. The highest BCUT2D eigenvalue weighted by molar-refractivity contribution is 5.86. The van der Waals surface area contributed by atoms with Crippen molar-refractivity contribution in [3.05, 3.63) is 54.5 Å². The number of aliphatic carboxylic acids is 2. The molecule has 0 bridgehead atoms. The number of carboxylic acid groups (broad SMARTS) is 2. The number of hydrogen-bond donors (Lipinski definition) is 2. The third kappa shape index (κ3) is 12.4. The molecule has 8 nitrogen and oxygen atoms in total. The molecule has 1 heterocycles. The van der Waals surface area contributed by atoms with E-state index in [1.54, 1.807) is 6.92 Å². The van der Waals surface area contributed by atoms with Crippen molar-refractivity contribution in [1.82, 2.24) is 4.98 Å². The van der Waals surface area contributed by atoms with Gasteiger partial charge >= 0.3 is 18.2 Å². The molecule has 0 radical (unpaired) electrons. The van der Waals surface area contributed by atoms with Crippen molar-refractivity contribution in [2.24, 2.45) is 0 Å². The van der Waals surface area contributed by atoms with Gasteiger partial charge in [0.1, 0.15) is 23.9 Å². The summed E-state index contributed by atoms with van der Waals surface area (Å²) in [7, 11) is 0. The van der Waals surface area contributed by atoms with Crippen LogP contribution in [0.1, 0.15) is 50.9 Å². The van der Waals surface area contributed by atoms with E-state index in [9.17, 15) is 31.1 Å². The summed E-state index contributed by atoms with van der Waals surface area (Å²) < 4.78 is 63.1. The number of aromatic nitrogens is 2. The summed E-state index contributed by atoms with van der Waals surface area (Å²) in [5, 5.41) is 20.1. The molecule has 0 aliphatic rings. The van der Waals surface area contributed by atoms with Crippen molar-refractivity contribution >= 4 is 28.5 Å². The maximum atomic E-state index is 11.0. The lowest BCUT2D eigenvalue weighted by Gasteiger charge is -2.03. The average Bonchev–Trinajstić information content (AvgIpc) is 3.33. The van der Waals surface area contributed by atoms with Crippen LogP contribution in [-0.4, -0.2) is 35.1 Å². The number of carboxylic acids is 2. The van der Waals surface area contributed by atoms with Crippen molar-refractivity contribution in [3.63, 3.8) is 0 Å². The lowest BCUT2D eigenvalue weighted by molar-refractivity contribution is -0.486. The Morgan fingerprint density at radius 2 is 1.44 bits per heavy atom. The van der Waals surface area contributed by atoms with E-state index >= 15 is 0 Å². The Hall–Kier alpha value is -3.94. The van der Waals surface area contributed by atoms with E-state index in [4.69, 9.17) is 19.8 Å². The van der Waals surface area contributed by atoms with Crippen LogP contribution in [0.3, 0.4) is 0 Å². The SMILES string of the molecule is CC(=O)CCCCC[C@H]([NH3+])c1[nH]c(-c2ccc3ccccc3c2)c[nH+]1.O=C([O-])C(F)(F)F.O=C([O-])C(F)(F)F. The van der Waals surface area contributed by atoms with Crippen molar-refractivity contribution in [1.29, 1.82) is 0 Å². The zero-order valence-corrected chi connectivity index (χ0v) is 20.7. The van der Waals surface area contributed by atoms with Crippen LogP contribution < -0.4 is 20.9 Å². The maximum Gasteiger partial charge on any atom is 0.430 e. The zero-order valence-electron chi connectivity index (χ0n) is 20.7. The Balaban J connectivity index is 0.000000449. The molecule has 14 heteroatoms. The molecule has 5 N–H and O–H groups in total. The number of nitrogens with one attached hydrogen (secondary N) is 2. The Morgan fingerprint density at radius 1 is 0.897 bits per heavy atom. The number of aromatic amines is 2. The molecule has 3 rings (SSSR count). The van der Waals surface area contributed by atoms with Gasteiger partial charge in [-0.15, -0.1) is 0 Å². The highest BCUT2D eigenvalue weighted by Gasteiger charge is 2.29. The second-order valence-corrected chi connectivity index (χ2v) is 8.37. The van der Waals surface area contributed by atoms with Gasteiger partial charge in [-0.3, -0.25) is 0 Å². The number of Topliss-reactive ketones (excluding diaryl/α,β-unsaturated/α-hetero) is 1. The predicted molar refractivity (Wildman–Crippen MR) is 122 cm³/mol. The van der Waals surface area contributed by atoms with Gasteiger partial charge in [0, 0.05) is 18.4 Å². The molecule has 0 fully saturated rings. The van der Waals surface area contributed by atoms with E-state index in [-0.39, 0.29) is 11.8 Å². The molecule has 0 saturated heterocycles. The van der Waals surface area contributed by atoms with Crippen LogP contribution in [-0.2, 0) is 14.4 Å². The molecule has 39 heavy (non-hydrogen) atoms. The number of quaternary nitrogens is 1. The summed E-state index contributed by atoms with van der Waals surface area (Å²) in [4.78, 5) is 35.3. The number of imidazole rings is 1. The van der Waals surface area contributed by atoms with Crippen LogP contribution in [0.2, 0.25) is 0 Å². The number of benzene rings is 2. The highest BCUT2D eigenvalue weighted by Crippen LogP contribution is 2.23. The predicted octanol–water partition coefficient (Wildman–Crippen LogP) is 2.07. The summed E-state index contributed by atoms with van der Waals surface area (Å²) >= 11 is 0. The molecule has 1 atom stereocenters. The van der Waals surface area contributed by atoms with Crippen LogP contribution in [0.5, 0.6) is 0 Å². The van der Waals surface area contributed by atoms with E-state index in [1.807, 2.05) is 6.20 Å². The Morgan fingerprint density at radius 3 is 1.95 bits per heavy atom. The van der Waals surface area contributed by atoms with Crippen molar-refractivity contribution in [2.75, 3.05) is 0 Å². The number of carbonyl (C=O) groups is 3. The molecular weight excluding hydrogens is 536 g/mol. The minimum atomic E-state index is -5.19. The molecule has 0 saturated carbocycles. The van der Waals surface area contributed by atoms with Gasteiger partial charge in [-0.1, -0.05) is 36.8 Å². The summed E-state index contributed by atoms with van der Waals surface area (Å²) in [6.07, 6.45) is -3.48. The Kier molecular flexibility index (Phi) is 12.6. The number of carbonyl (C=O) groups excluding carboxylic acids is 3. The summed E-state index contributed by atoms with van der Waals surface area (Å²) in [5.74, 6) is -4.67. The lowest BCUT2D eigenvalue weighted by atomic mass is 10.1. The van der Waals surface area contributed by atoms with Gasteiger partial charge in [0.15, 0.2) is 11.7 Å². The lowest BCUT2D eigenvalue weighted by Crippen LogP contribution is -2.55. The largest absolute Gasteiger partial charge is 0.542 e. The quantitative estimate of drug-likeness (QED) is 0.317. The number of halogens is 6. The monoisotopic (exact) mass is 563 g/mol. The van der Waals surface area contributed by atoms with E-state index in [2.05, 4.69) is 58.2 Å². The normalized spacial score (nSPS) is 12.0. The minimum Gasteiger partial charge on any atom is -0.542 e. The zero-order chi connectivity index (χ0) is 29.8. The molecule has 0 unspecified atom stereocenters. The fourth-order valence-corrected chi connectivity index (χ4v) is 3.19. The minimum absolute atomic E-state index is 0.214. The van der Waals surface area contributed by atoms with E-state index in [0.717, 1.165) is 37.2 Å². The van der Waals surface area contributed by atoms with Crippen LogP contribution in [0.15, 0.2) is 48.7 Å². The fraction of sp³-hybridized carbons (Fsp3) is 0.360. The Labute approximate surface area is 218 Å². The van der Waals surface area contributed by atoms with E-state index in [1.165, 1.54) is 16.3 Å². The molecule has 2 aromatic carbocycles. The van der Waals surface area contributed by atoms with Gasteiger partial charge in [-0.25, -0.2) is 9.97 Å². The first-order chi connectivity index (χ1) is 18.0. The number of alkyl halides is 6. The molecular formula is C25H27F6N3O5. The van der Waals surface area contributed by atoms with E-state index in [0.29, 0.717) is 6.42 Å². The van der Waals surface area contributed by atoms with Crippen LogP contribution in [0.4, 0.5) is 26.3 Å². The number of rotatable bonds is 8. The maximum absolute atomic E-state index is 11.0. The second kappa shape index (κ2) is 14.9. The average molecular weight is 563 g/mol. The number of ketones is 1. The van der Waals surface area contributed by atoms with Crippen molar-refractivity contribution < 1.29 is 61.7 Å². The summed E-state index contributed by atoms with van der Waals surface area (Å²) in [6, 6.07) is 15.1. The smallest absolute Gasteiger partial charge is 0.430 e. The fourth-order valence-electron chi connectivity index (χ4n) is 3.19. The van der Waals surface area contributed by atoms with Gasteiger partial charge in [0.05, 0.1) is 0 Å². The first-order valence-electron chi connectivity index (χ1n) is 11.5. The number of unbranched alkanes of at least 4 members (excludes halogenated alkanes) is 2. The number of hydrogen-bond acceptors (Lipinski definition) is 5. The molecule has 0 aliphatic heterocycles. The van der Waals surface area contributed by atoms with Gasteiger partial charge in [-0.2, -0.15) is 26.3 Å². The summed E-state index contributed by atoms with van der Waals surface area (Å²) in [6.45, 7) is 1.66. The van der Waals surface area contributed by atoms with Crippen molar-refractivity contribution in [3.8, 4) is 11.3 Å². The molecule has 0 spiro atoms. The van der Waals surface area contributed by atoms with Crippen LogP contribution in [0.25, 0.3) is 22.0 Å². The molecule has 214 valence electrons. The standard InChI is InChI=1S/C21H25N3O.2C2HF3O2/c1-15(25)7-3-2-4-10-19(22)21-23-14-20(24-21)18-12-11-16-8-5-6-9-17(16)13-18;2*3-2(4,5)1(6)7/h5-6,8-9,11-14,19H,2-4,7,10,22H2,1H3,(H,23,24);2*(H,6,7)/t19-;;/m0../s1. The topological polar surface area (TPSA) is 155 Å². The van der Waals surface area contributed by atoms with E-state index < -0.39 is 24.3 Å². The molecule has 1 aromatic heterocycles. The molecule has 3 aromatic rings. The number of H-pyrrole nitrogens is 2. The molecule has 0 amide bonds. The van der Waals surface area contributed by atoms with Gasteiger partial charge in [0.2, 0.25) is 0 Å². The number of fused-ring (bicyclic) bond motifs is 1. The van der Waals surface area contributed by atoms with Crippen LogP contribution >= 0.6 is 0 Å². The molecule has 0 aliphatic carbocycles. The van der Waals surface area contributed by atoms with Crippen molar-refractivity contribution in [2.45, 2.75) is 57.4 Å². The third-order valence-corrected chi connectivity index (χ3v) is 5.15.